The smallest absolute Gasteiger partial charge is 0.327 e. The summed E-state index contributed by atoms with van der Waals surface area (Å²) < 4.78 is 1.70. The summed E-state index contributed by atoms with van der Waals surface area (Å²) in [4.78, 5) is 45.7. The van der Waals surface area contributed by atoms with Gasteiger partial charge in [0.25, 0.3) is 5.56 Å². The van der Waals surface area contributed by atoms with Gasteiger partial charge in [0.1, 0.15) is 6.04 Å². The highest BCUT2D eigenvalue weighted by atomic mass is 32.2. The van der Waals surface area contributed by atoms with Crippen LogP contribution in [0.15, 0.2) is 40.3 Å². The van der Waals surface area contributed by atoms with Gasteiger partial charge in [-0.3, -0.25) is 19.1 Å². The quantitative estimate of drug-likeness (QED) is 0.415. The van der Waals surface area contributed by atoms with Crippen molar-refractivity contribution < 1.29 is 14.7 Å². The van der Waals surface area contributed by atoms with Gasteiger partial charge >= 0.3 is 5.97 Å². The number of fused-ring (bicyclic) bond motifs is 1. The van der Waals surface area contributed by atoms with Gasteiger partial charge in [-0.2, -0.15) is 4.98 Å². The lowest BCUT2D eigenvalue weighted by atomic mass is 10.2. The summed E-state index contributed by atoms with van der Waals surface area (Å²) >= 11 is 1.11. The third-order valence-electron chi connectivity index (χ3n) is 3.83. The number of anilines is 1. The maximum absolute atomic E-state index is 12.2. The molecule has 2 aromatic heterocycles. The Morgan fingerprint density at radius 3 is 2.68 bits per heavy atom. The molecule has 0 aliphatic carbocycles. The highest BCUT2D eigenvalue weighted by molar-refractivity contribution is 7.99. The van der Waals surface area contributed by atoms with E-state index in [9.17, 15) is 19.5 Å². The number of carboxylic acids is 1. The van der Waals surface area contributed by atoms with Crippen LogP contribution in [0.2, 0.25) is 0 Å². The van der Waals surface area contributed by atoms with E-state index in [-0.39, 0.29) is 17.2 Å². The van der Waals surface area contributed by atoms with Gasteiger partial charge in [-0.25, -0.2) is 9.78 Å². The number of nitrogen functional groups attached to an aromatic ring is 1. The molecular weight excluding hydrogens is 384 g/mol. The number of hydrogen-bond acceptors (Lipinski definition) is 7. The van der Waals surface area contributed by atoms with Crippen molar-refractivity contribution >= 4 is 40.8 Å². The van der Waals surface area contributed by atoms with Gasteiger partial charge in [0.2, 0.25) is 11.9 Å². The molecule has 1 unspecified atom stereocenters. The first-order valence-corrected chi connectivity index (χ1v) is 9.26. The fourth-order valence-electron chi connectivity index (χ4n) is 2.60. The number of aromatic amines is 1. The Bertz CT molecular complexity index is 1080. The highest BCUT2D eigenvalue weighted by Gasteiger charge is 2.22. The fourth-order valence-corrected chi connectivity index (χ4v) is 3.61. The van der Waals surface area contributed by atoms with E-state index in [1.807, 2.05) is 30.3 Å². The SMILES string of the molecule is CC(=O)NC(CSc1nc2c(=O)[nH]c(N)nc2n1Cc1ccccc1)C(=O)O. The van der Waals surface area contributed by atoms with Gasteiger partial charge in [-0.1, -0.05) is 42.1 Å². The van der Waals surface area contributed by atoms with E-state index in [0.29, 0.717) is 17.3 Å². The minimum atomic E-state index is -1.16. The number of thioether (sulfide) groups is 1. The second-order valence-electron chi connectivity index (χ2n) is 5.99. The van der Waals surface area contributed by atoms with Gasteiger partial charge in [-0.05, 0) is 5.56 Å². The molecule has 11 heteroatoms. The number of carboxylic acid groups (broad SMARTS) is 1. The van der Waals surface area contributed by atoms with Crippen LogP contribution >= 0.6 is 11.8 Å². The number of aliphatic carboxylic acids is 1. The van der Waals surface area contributed by atoms with Crippen LogP contribution in [0.1, 0.15) is 12.5 Å². The molecule has 0 bridgehead atoms. The minimum absolute atomic E-state index is 0.0282. The molecule has 3 aromatic rings. The van der Waals surface area contributed by atoms with E-state index in [1.165, 1.54) is 6.92 Å². The Morgan fingerprint density at radius 2 is 2.04 bits per heavy atom. The third-order valence-corrected chi connectivity index (χ3v) is 4.90. The molecular formula is C17H18N6O4S. The number of aromatic nitrogens is 4. The summed E-state index contributed by atoms with van der Waals surface area (Å²) in [6.07, 6.45) is 0. The Balaban J connectivity index is 1.99. The molecule has 0 aliphatic heterocycles. The van der Waals surface area contributed by atoms with Crippen LogP contribution in [-0.4, -0.2) is 48.3 Å². The van der Waals surface area contributed by atoms with Gasteiger partial charge < -0.3 is 16.2 Å². The molecule has 0 saturated heterocycles. The Kier molecular flexibility index (Phi) is 5.64. The van der Waals surface area contributed by atoms with Crippen molar-refractivity contribution in [1.29, 1.82) is 0 Å². The van der Waals surface area contributed by atoms with E-state index in [0.717, 1.165) is 17.3 Å². The number of benzene rings is 1. The van der Waals surface area contributed by atoms with E-state index < -0.39 is 23.5 Å². The first-order valence-electron chi connectivity index (χ1n) is 8.28. The molecule has 1 atom stereocenters. The summed E-state index contributed by atoms with van der Waals surface area (Å²) in [7, 11) is 0. The average Bonchev–Trinajstić information content (AvgIpc) is 2.97. The third kappa shape index (κ3) is 4.31. The number of carbonyl (C=O) groups is 2. The largest absolute Gasteiger partial charge is 0.480 e. The molecule has 1 amide bonds. The summed E-state index contributed by atoms with van der Waals surface area (Å²) in [5.41, 5.74) is 6.55. The van der Waals surface area contributed by atoms with Crippen molar-refractivity contribution in [3.05, 3.63) is 46.2 Å². The first-order chi connectivity index (χ1) is 13.3. The highest BCUT2D eigenvalue weighted by Crippen LogP contribution is 2.23. The number of nitrogens with zero attached hydrogens (tertiary/aromatic N) is 3. The maximum Gasteiger partial charge on any atom is 0.327 e. The molecule has 2 heterocycles. The van der Waals surface area contributed by atoms with Crippen LogP contribution in [-0.2, 0) is 16.1 Å². The number of nitrogens with one attached hydrogen (secondary N) is 2. The average molecular weight is 402 g/mol. The molecule has 10 nitrogen and oxygen atoms in total. The van der Waals surface area contributed by atoms with Crippen LogP contribution in [0.3, 0.4) is 0 Å². The van der Waals surface area contributed by atoms with Gasteiger partial charge in [-0.15, -0.1) is 0 Å². The molecule has 0 saturated carbocycles. The number of imidazole rings is 1. The molecule has 0 aliphatic rings. The number of nitrogens with two attached hydrogens (primary N) is 1. The van der Waals surface area contributed by atoms with Crippen LogP contribution < -0.4 is 16.6 Å². The number of amides is 1. The fraction of sp³-hybridized carbons (Fsp3) is 0.235. The lowest BCUT2D eigenvalue weighted by Crippen LogP contribution is -2.41. The van der Waals surface area contributed by atoms with Crippen molar-refractivity contribution in [1.82, 2.24) is 24.8 Å². The van der Waals surface area contributed by atoms with Crippen molar-refractivity contribution in [3.8, 4) is 0 Å². The Labute approximate surface area is 163 Å². The second kappa shape index (κ2) is 8.13. The van der Waals surface area contributed by atoms with Crippen LogP contribution in [0, 0.1) is 0 Å². The zero-order chi connectivity index (χ0) is 20.3. The van der Waals surface area contributed by atoms with Crippen LogP contribution in [0.4, 0.5) is 5.95 Å². The van der Waals surface area contributed by atoms with E-state index in [2.05, 4.69) is 20.3 Å². The Hall–Kier alpha value is -3.34. The number of rotatable bonds is 7. The zero-order valence-corrected chi connectivity index (χ0v) is 15.7. The molecule has 0 radical (unpaired) electrons. The summed E-state index contributed by atoms with van der Waals surface area (Å²) in [6.45, 7) is 1.62. The lowest BCUT2D eigenvalue weighted by Gasteiger charge is -2.13. The predicted octanol–water partition coefficient (Wildman–Crippen LogP) is 0.431. The molecule has 3 rings (SSSR count). The molecule has 28 heavy (non-hydrogen) atoms. The summed E-state index contributed by atoms with van der Waals surface area (Å²) in [6, 6.07) is 8.38. The molecule has 0 spiro atoms. The standard InChI is InChI=1S/C17H18N6O4S/c1-9(24)19-11(15(26)27)8-28-17-20-12-13(21-16(18)22-14(12)25)23(17)7-10-5-3-2-4-6-10/h2-6,11H,7-8H2,1H3,(H,19,24)(H,26,27)(H3,18,21,22,25). The van der Waals surface area contributed by atoms with Crippen molar-refractivity contribution in [2.75, 3.05) is 11.5 Å². The normalized spacial score (nSPS) is 12.0. The maximum atomic E-state index is 12.2. The monoisotopic (exact) mass is 402 g/mol. The van der Waals surface area contributed by atoms with Gasteiger partial charge in [0.15, 0.2) is 16.3 Å². The topological polar surface area (TPSA) is 156 Å². The van der Waals surface area contributed by atoms with Crippen LogP contribution in [0.5, 0.6) is 0 Å². The minimum Gasteiger partial charge on any atom is -0.480 e. The molecule has 1 aromatic carbocycles. The predicted molar refractivity (Wildman–Crippen MR) is 104 cm³/mol. The second-order valence-corrected chi connectivity index (χ2v) is 6.98. The number of hydrogen-bond donors (Lipinski definition) is 4. The van der Waals surface area contributed by atoms with E-state index >= 15 is 0 Å². The van der Waals surface area contributed by atoms with Crippen molar-refractivity contribution in [2.24, 2.45) is 0 Å². The zero-order valence-electron chi connectivity index (χ0n) is 14.9. The van der Waals surface area contributed by atoms with Gasteiger partial charge in [0, 0.05) is 12.7 Å². The van der Waals surface area contributed by atoms with E-state index in [4.69, 9.17) is 5.73 Å². The summed E-state index contributed by atoms with van der Waals surface area (Å²) in [5, 5.41) is 12.1. The first kappa shape index (κ1) is 19.4. The van der Waals surface area contributed by atoms with Gasteiger partial charge in [0.05, 0.1) is 6.54 Å². The molecule has 0 fully saturated rings. The lowest BCUT2D eigenvalue weighted by molar-refractivity contribution is -0.140. The molecule has 5 N–H and O–H groups in total. The van der Waals surface area contributed by atoms with Crippen LogP contribution in [0.25, 0.3) is 11.2 Å². The van der Waals surface area contributed by atoms with E-state index in [1.54, 1.807) is 4.57 Å². The molecule has 146 valence electrons. The summed E-state index contributed by atoms with van der Waals surface area (Å²) in [5.74, 6) is -1.62. The number of carbonyl (C=O) groups excluding carboxylic acids is 1. The van der Waals surface area contributed by atoms with Crippen molar-refractivity contribution in [3.63, 3.8) is 0 Å². The van der Waals surface area contributed by atoms with Crippen molar-refractivity contribution in [2.45, 2.75) is 24.7 Å². The Morgan fingerprint density at radius 1 is 1.32 bits per heavy atom. The number of H-pyrrole nitrogens is 1.